The molecule has 2 atom stereocenters. The highest BCUT2D eigenvalue weighted by atomic mass is 16.2. The summed E-state index contributed by atoms with van der Waals surface area (Å²) in [5, 5.41) is 0. The molecule has 16 heavy (non-hydrogen) atoms. The van der Waals surface area contributed by atoms with Gasteiger partial charge in [0.2, 0.25) is 5.91 Å². The summed E-state index contributed by atoms with van der Waals surface area (Å²) in [5.41, 5.74) is 11.6. The van der Waals surface area contributed by atoms with Gasteiger partial charge in [0.25, 0.3) is 0 Å². The summed E-state index contributed by atoms with van der Waals surface area (Å²) in [6, 6.07) is -0.337. The molecule has 94 valence electrons. The first kappa shape index (κ1) is 13.5. The molecule has 4 N–H and O–H groups in total. The Bertz CT molecular complexity index is 230. The van der Waals surface area contributed by atoms with E-state index in [1.165, 1.54) is 0 Å². The van der Waals surface area contributed by atoms with Gasteiger partial charge in [-0.2, -0.15) is 0 Å². The molecule has 2 unspecified atom stereocenters. The van der Waals surface area contributed by atoms with Gasteiger partial charge in [0.05, 0.1) is 6.04 Å². The van der Waals surface area contributed by atoms with Crippen LogP contribution in [0.15, 0.2) is 0 Å². The summed E-state index contributed by atoms with van der Waals surface area (Å²) in [6.45, 7) is 6.49. The average Bonchev–Trinajstić information content (AvgIpc) is 2.27. The standard InChI is InChI=1S/C12H25N3O/c1-9(2)6-11(14)12(16)15-5-3-4-10(7-13)8-15/h9-11H,3-8,13-14H2,1-2H3. The van der Waals surface area contributed by atoms with E-state index in [9.17, 15) is 4.79 Å². The van der Waals surface area contributed by atoms with Crippen LogP contribution in [0.1, 0.15) is 33.1 Å². The van der Waals surface area contributed by atoms with E-state index in [1.54, 1.807) is 0 Å². The Morgan fingerprint density at radius 1 is 1.50 bits per heavy atom. The van der Waals surface area contributed by atoms with Crippen LogP contribution < -0.4 is 11.5 Å². The highest BCUT2D eigenvalue weighted by molar-refractivity contribution is 5.81. The van der Waals surface area contributed by atoms with Crippen LogP contribution in [0.2, 0.25) is 0 Å². The number of carbonyl (C=O) groups is 1. The zero-order valence-electron chi connectivity index (χ0n) is 10.5. The second-order valence-corrected chi connectivity index (χ2v) is 5.26. The number of amides is 1. The summed E-state index contributed by atoms with van der Waals surface area (Å²) in [7, 11) is 0. The number of piperidine rings is 1. The Labute approximate surface area is 98.3 Å². The molecule has 1 heterocycles. The smallest absolute Gasteiger partial charge is 0.239 e. The molecule has 1 amide bonds. The summed E-state index contributed by atoms with van der Waals surface area (Å²) in [4.78, 5) is 14.0. The van der Waals surface area contributed by atoms with Crippen molar-refractivity contribution >= 4 is 5.91 Å². The first-order valence-corrected chi connectivity index (χ1v) is 6.29. The predicted molar refractivity (Wildman–Crippen MR) is 65.8 cm³/mol. The van der Waals surface area contributed by atoms with Crippen LogP contribution in [-0.2, 0) is 4.79 Å². The second kappa shape index (κ2) is 6.21. The van der Waals surface area contributed by atoms with E-state index in [4.69, 9.17) is 11.5 Å². The van der Waals surface area contributed by atoms with Crippen LogP contribution in [0, 0.1) is 11.8 Å². The fourth-order valence-corrected chi connectivity index (χ4v) is 2.30. The van der Waals surface area contributed by atoms with E-state index in [2.05, 4.69) is 13.8 Å². The lowest BCUT2D eigenvalue weighted by Crippen LogP contribution is -2.49. The molecule has 1 saturated heterocycles. The number of carbonyl (C=O) groups excluding carboxylic acids is 1. The van der Waals surface area contributed by atoms with Gasteiger partial charge in [0, 0.05) is 13.1 Å². The lowest BCUT2D eigenvalue weighted by atomic mass is 9.96. The van der Waals surface area contributed by atoms with Crippen molar-refractivity contribution in [1.82, 2.24) is 4.90 Å². The van der Waals surface area contributed by atoms with Gasteiger partial charge < -0.3 is 16.4 Å². The fraction of sp³-hybridized carbons (Fsp3) is 0.917. The van der Waals surface area contributed by atoms with Crippen LogP contribution in [0.25, 0.3) is 0 Å². The van der Waals surface area contributed by atoms with Crippen LogP contribution in [0.4, 0.5) is 0 Å². The van der Waals surface area contributed by atoms with Gasteiger partial charge in [-0.05, 0) is 37.6 Å². The Kier molecular flexibility index (Phi) is 5.22. The van der Waals surface area contributed by atoms with Crippen LogP contribution in [0.3, 0.4) is 0 Å². The molecule has 0 aliphatic carbocycles. The molecule has 1 aliphatic heterocycles. The van der Waals surface area contributed by atoms with Crippen molar-refractivity contribution in [2.75, 3.05) is 19.6 Å². The van der Waals surface area contributed by atoms with Crippen molar-refractivity contribution in [3.05, 3.63) is 0 Å². The Balaban J connectivity index is 2.46. The highest BCUT2D eigenvalue weighted by Gasteiger charge is 2.26. The first-order valence-electron chi connectivity index (χ1n) is 6.29. The van der Waals surface area contributed by atoms with Crippen molar-refractivity contribution in [1.29, 1.82) is 0 Å². The van der Waals surface area contributed by atoms with Crippen molar-refractivity contribution in [3.8, 4) is 0 Å². The Hall–Kier alpha value is -0.610. The molecular formula is C12H25N3O. The van der Waals surface area contributed by atoms with Crippen molar-refractivity contribution in [2.24, 2.45) is 23.3 Å². The number of nitrogens with two attached hydrogens (primary N) is 2. The predicted octanol–water partition coefficient (Wildman–Crippen LogP) is 0.557. The molecule has 1 rings (SSSR count). The molecule has 0 aromatic heterocycles. The van der Waals surface area contributed by atoms with Crippen LogP contribution in [-0.4, -0.2) is 36.5 Å². The molecule has 0 bridgehead atoms. The molecule has 0 spiro atoms. The van der Waals surface area contributed by atoms with Crippen LogP contribution >= 0.6 is 0 Å². The van der Waals surface area contributed by atoms with Gasteiger partial charge in [-0.3, -0.25) is 4.79 Å². The minimum absolute atomic E-state index is 0.104. The molecular weight excluding hydrogens is 202 g/mol. The largest absolute Gasteiger partial charge is 0.341 e. The maximum atomic E-state index is 12.1. The van der Waals surface area contributed by atoms with E-state index < -0.39 is 0 Å². The number of nitrogens with zero attached hydrogens (tertiary/aromatic N) is 1. The van der Waals surface area contributed by atoms with Gasteiger partial charge >= 0.3 is 0 Å². The first-order chi connectivity index (χ1) is 7.54. The summed E-state index contributed by atoms with van der Waals surface area (Å²) < 4.78 is 0. The molecule has 0 saturated carbocycles. The topological polar surface area (TPSA) is 72.4 Å². The maximum Gasteiger partial charge on any atom is 0.239 e. The quantitative estimate of drug-likeness (QED) is 0.737. The third-order valence-electron chi connectivity index (χ3n) is 3.21. The van der Waals surface area contributed by atoms with Gasteiger partial charge in [-0.1, -0.05) is 13.8 Å². The van der Waals surface area contributed by atoms with Crippen LogP contribution in [0.5, 0.6) is 0 Å². The zero-order valence-corrected chi connectivity index (χ0v) is 10.5. The second-order valence-electron chi connectivity index (χ2n) is 5.26. The third-order valence-corrected chi connectivity index (χ3v) is 3.21. The highest BCUT2D eigenvalue weighted by Crippen LogP contribution is 2.17. The van der Waals surface area contributed by atoms with Gasteiger partial charge in [-0.25, -0.2) is 0 Å². The number of hydrogen-bond donors (Lipinski definition) is 2. The Morgan fingerprint density at radius 2 is 2.19 bits per heavy atom. The lowest BCUT2D eigenvalue weighted by Gasteiger charge is -2.34. The monoisotopic (exact) mass is 227 g/mol. The van der Waals surface area contributed by atoms with Gasteiger partial charge in [0.1, 0.15) is 0 Å². The lowest BCUT2D eigenvalue weighted by molar-refractivity contribution is -0.134. The van der Waals surface area contributed by atoms with Crippen molar-refractivity contribution in [3.63, 3.8) is 0 Å². The van der Waals surface area contributed by atoms with E-state index in [0.29, 0.717) is 18.4 Å². The molecule has 4 nitrogen and oxygen atoms in total. The van der Waals surface area contributed by atoms with E-state index in [-0.39, 0.29) is 11.9 Å². The molecule has 1 aliphatic rings. The summed E-state index contributed by atoms with van der Waals surface area (Å²) >= 11 is 0. The normalized spacial score (nSPS) is 23.6. The number of hydrogen-bond acceptors (Lipinski definition) is 3. The summed E-state index contributed by atoms with van der Waals surface area (Å²) in [5.74, 6) is 1.03. The Morgan fingerprint density at radius 3 is 2.75 bits per heavy atom. The number of likely N-dealkylation sites (tertiary alicyclic amines) is 1. The fourth-order valence-electron chi connectivity index (χ4n) is 2.30. The van der Waals surface area contributed by atoms with Crippen molar-refractivity contribution < 1.29 is 4.79 Å². The van der Waals surface area contributed by atoms with E-state index in [0.717, 1.165) is 32.4 Å². The third kappa shape index (κ3) is 3.76. The SMILES string of the molecule is CC(C)CC(N)C(=O)N1CCCC(CN)C1. The maximum absolute atomic E-state index is 12.1. The van der Waals surface area contributed by atoms with Crippen molar-refractivity contribution in [2.45, 2.75) is 39.2 Å². The van der Waals surface area contributed by atoms with Gasteiger partial charge in [0.15, 0.2) is 0 Å². The van der Waals surface area contributed by atoms with E-state index in [1.807, 2.05) is 4.90 Å². The minimum atomic E-state index is -0.337. The molecule has 0 aromatic carbocycles. The molecule has 0 aromatic rings. The molecule has 0 radical (unpaired) electrons. The number of rotatable bonds is 4. The average molecular weight is 227 g/mol. The summed E-state index contributed by atoms with van der Waals surface area (Å²) in [6.07, 6.45) is 2.96. The molecule has 1 fully saturated rings. The zero-order chi connectivity index (χ0) is 12.1. The van der Waals surface area contributed by atoms with Gasteiger partial charge in [-0.15, -0.1) is 0 Å². The molecule has 4 heteroatoms. The van der Waals surface area contributed by atoms with E-state index >= 15 is 0 Å². The minimum Gasteiger partial charge on any atom is -0.341 e.